The minimum atomic E-state index is 0.0586. The zero-order valence-electron chi connectivity index (χ0n) is 21.5. The van der Waals surface area contributed by atoms with E-state index in [-0.39, 0.29) is 12.2 Å². The summed E-state index contributed by atoms with van der Waals surface area (Å²) in [6.45, 7) is 2.71. The van der Waals surface area contributed by atoms with Crippen LogP contribution in [0.3, 0.4) is 0 Å². The van der Waals surface area contributed by atoms with Gasteiger partial charge in [-0.05, 0) is 59.2 Å². The van der Waals surface area contributed by atoms with Gasteiger partial charge in [-0.25, -0.2) is 4.98 Å². The Morgan fingerprint density at radius 3 is 1.90 bits per heavy atom. The van der Waals surface area contributed by atoms with Crippen molar-refractivity contribution in [2.24, 2.45) is 0 Å². The number of nitrogens with zero attached hydrogens (tertiary/aromatic N) is 3. The van der Waals surface area contributed by atoms with Crippen molar-refractivity contribution in [3.8, 4) is 46.0 Å². The molecule has 2 saturated heterocycles. The molecule has 0 unspecified atom stereocenters. The second-order valence-electron chi connectivity index (χ2n) is 9.81. The van der Waals surface area contributed by atoms with Crippen molar-refractivity contribution >= 4 is 11.0 Å². The standard InChI is InChI=1S/C31H28N4O4/c32-18-22-15-20(1-3-29(22)38-24-6-11-36-12-7-24)26-5-10-34-31-27(26)17-28(35-31)21-2-4-30(23(16-21)19-33)39-25-8-13-37-14-9-25/h1-5,10,15-17,24-25H,6-9,11-14H2,(H,34,35). The molecule has 0 atom stereocenters. The molecule has 196 valence electrons. The van der Waals surface area contributed by atoms with E-state index in [1.54, 1.807) is 6.20 Å². The number of aromatic nitrogens is 2. The Bertz CT molecular complexity index is 1570. The second-order valence-corrected chi connectivity index (χ2v) is 9.81. The molecule has 4 heterocycles. The second kappa shape index (κ2) is 11.2. The maximum absolute atomic E-state index is 9.84. The van der Waals surface area contributed by atoms with Gasteiger partial charge in [0.25, 0.3) is 0 Å². The third kappa shape index (κ3) is 5.31. The van der Waals surface area contributed by atoms with Crippen molar-refractivity contribution in [3.63, 3.8) is 0 Å². The van der Waals surface area contributed by atoms with Crippen LogP contribution in [0.5, 0.6) is 11.5 Å². The van der Waals surface area contributed by atoms with Crippen molar-refractivity contribution in [3.05, 3.63) is 65.9 Å². The van der Waals surface area contributed by atoms with Gasteiger partial charge in [-0.15, -0.1) is 0 Å². The maximum Gasteiger partial charge on any atom is 0.138 e. The zero-order chi connectivity index (χ0) is 26.6. The summed E-state index contributed by atoms with van der Waals surface area (Å²) in [5.41, 5.74) is 5.29. The first-order valence-electron chi connectivity index (χ1n) is 13.3. The van der Waals surface area contributed by atoms with Crippen LogP contribution >= 0.6 is 0 Å². The van der Waals surface area contributed by atoms with Gasteiger partial charge < -0.3 is 23.9 Å². The van der Waals surface area contributed by atoms with E-state index in [1.165, 1.54) is 0 Å². The molecule has 0 bridgehead atoms. The first kappa shape index (κ1) is 24.9. The summed E-state index contributed by atoms with van der Waals surface area (Å²) in [6, 6.07) is 19.9. The Balaban J connectivity index is 1.29. The number of pyridine rings is 1. The summed E-state index contributed by atoms with van der Waals surface area (Å²) in [4.78, 5) is 7.92. The van der Waals surface area contributed by atoms with E-state index in [4.69, 9.17) is 18.9 Å². The molecule has 0 amide bonds. The summed E-state index contributed by atoms with van der Waals surface area (Å²) in [5, 5.41) is 20.6. The first-order valence-corrected chi connectivity index (χ1v) is 13.3. The molecule has 2 aliphatic rings. The molecule has 0 aliphatic carbocycles. The van der Waals surface area contributed by atoms with E-state index in [9.17, 15) is 10.5 Å². The predicted octanol–water partition coefficient (Wildman–Crippen LogP) is 5.76. The molecule has 2 aliphatic heterocycles. The zero-order valence-corrected chi connectivity index (χ0v) is 21.5. The lowest BCUT2D eigenvalue weighted by atomic mass is 10.0. The molecule has 0 saturated carbocycles. The molecule has 1 N–H and O–H groups in total. The number of fused-ring (bicyclic) bond motifs is 1. The smallest absolute Gasteiger partial charge is 0.138 e. The molecule has 4 aromatic rings. The largest absolute Gasteiger partial charge is 0.489 e. The number of benzene rings is 2. The van der Waals surface area contributed by atoms with Crippen LogP contribution in [0.4, 0.5) is 0 Å². The Labute approximate surface area is 226 Å². The van der Waals surface area contributed by atoms with Crippen molar-refractivity contribution in [2.45, 2.75) is 37.9 Å². The van der Waals surface area contributed by atoms with Crippen LogP contribution in [0.25, 0.3) is 33.4 Å². The molecular formula is C31H28N4O4. The third-order valence-corrected chi connectivity index (χ3v) is 7.28. The summed E-state index contributed by atoms with van der Waals surface area (Å²) in [5.74, 6) is 1.19. The highest BCUT2D eigenvalue weighted by molar-refractivity contribution is 5.96. The average Bonchev–Trinajstić information content (AvgIpc) is 3.43. The fraction of sp³-hybridized carbons (Fsp3) is 0.323. The number of rotatable bonds is 6. The summed E-state index contributed by atoms with van der Waals surface area (Å²) >= 11 is 0. The molecule has 0 radical (unpaired) electrons. The van der Waals surface area contributed by atoms with E-state index in [0.717, 1.165) is 59.1 Å². The minimum Gasteiger partial charge on any atom is -0.489 e. The Morgan fingerprint density at radius 1 is 0.744 bits per heavy atom. The van der Waals surface area contributed by atoms with E-state index in [1.807, 2.05) is 48.5 Å². The normalized spacial score (nSPS) is 16.5. The van der Waals surface area contributed by atoms with Gasteiger partial charge in [-0.2, -0.15) is 10.5 Å². The van der Waals surface area contributed by atoms with Gasteiger partial charge in [0.15, 0.2) is 0 Å². The number of H-pyrrole nitrogens is 1. The molecule has 2 aromatic carbocycles. The van der Waals surface area contributed by atoms with Crippen LogP contribution in [0.1, 0.15) is 36.8 Å². The maximum atomic E-state index is 9.84. The van der Waals surface area contributed by atoms with Crippen LogP contribution in [0, 0.1) is 22.7 Å². The van der Waals surface area contributed by atoms with Crippen molar-refractivity contribution in [1.82, 2.24) is 9.97 Å². The van der Waals surface area contributed by atoms with Gasteiger partial charge in [0, 0.05) is 43.0 Å². The highest BCUT2D eigenvalue weighted by Crippen LogP contribution is 2.35. The van der Waals surface area contributed by atoms with Gasteiger partial charge in [0.2, 0.25) is 0 Å². The van der Waals surface area contributed by atoms with Crippen LogP contribution in [-0.4, -0.2) is 48.6 Å². The summed E-state index contributed by atoms with van der Waals surface area (Å²) in [6.07, 6.45) is 5.15. The number of nitriles is 2. The number of ether oxygens (including phenoxy) is 4. The van der Waals surface area contributed by atoms with Crippen LogP contribution in [0.15, 0.2) is 54.7 Å². The summed E-state index contributed by atoms with van der Waals surface area (Å²) < 4.78 is 23.1. The fourth-order valence-electron chi connectivity index (χ4n) is 5.16. The van der Waals surface area contributed by atoms with E-state index < -0.39 is 0 Å². The van der Waals surface area contributed by atoms with Gasteiger partial charge in [0.05, 0.1) is 37.6 Å². The molecule has 8 heteroatoms. The molecule has 8 nitrogen and oxygen atoms in total. The first-order chi connectivity index (χ1) is 19.2. The average molecular weight is 521 g/mol. The SMILES string of the molecule is N#Cc1cc(-c2cc3c(-c4ccc(OC5CCOCC5)c(C#N)c4)ccnc3[nH]2)ccc1OC1CCOCC1. The molecule has 39 heavy (non-hydrogen) atoms. The molecular weight excluding hydrogens is 492 g/mol. The number of hydrogen-bond acceptors (Lipinski definition) is 7. The Hall–Kier alpha value is -4.37. The number of aromatic amines is 1. The van der Waals surface area contributed by atoms with Gasteiger partial charge in [-0.1, -0.05) is 6.07 Å². The van der Waals surface area contributed by atoms with Crippen molar-refractivity contribution < 1.29 is 18.9 Å². The number of nitrogens with one attached hydrogen (secondary N) is 1. The lowest BCUT2D eigenvalue weighted by Gasteiger charge is -2.24. The molecule has 0 spiro atoms. The van der Waals surface area contributed by atoms with Gasteiger partial charge >= 0.3 is 0 Å². The highest BCUT2D eigenvalue weighted by atomic mass is 16.5. The van der Waals surface area contributed by atoms with Crippen LogP contribution in [0.2, 0.25) is 0 Å². The summed E-state index contributed by atoms with van der Waals surface area (Å²) in [7, 11) is 0. The van der Waals surface area contributed by atoms with Crippen molar-refractivity contribution in [2.75, 3.05) is 26.4 Å². The van der Waals surface area contributed by atoms with Gasteiger partial charge in [-0.3, -0.25) is 0 Å². The third-order valence-electron chi connectivity index (χ3n) is 7.28. The minimum absolute atomic E-state index is 0.0586. The fourth-order valence-corrected chi connectivity index (χ4v) is 5.16. The molecule has 2 aromatic heterocycles. The Kier molecular flexibility index (Phi) is 7.14. The Morgan fingerprint density at radius 2 is 1.31 bits per heavy atom. The van der Waals surface area contributed by atoms with Gasteiger partial charge in [0.1, 0.15) is 41.5 Å². The predicted molar refractivity (Wildman–Crippen MR) is 145 cm³/mol. The van der Waals surface area contributed by atoms with E-state index >= 15 is 0 Å². The monoisotopic (exact) mass is 520 g/mol. The lowest BCUT2D eigenvalue weighted by molar-refractivity contribution is 0.0252. The molecule has 6 rings (SSSR count). The van der Waals surface area contributed by atoms with Crippen molar-refractivity contribution in [1.29, 1.82) is 10.5 Å². The topological polar surface area (TPSA) is 113 Å². The quantitative estimate of drug-likeness (QED) is 0.344. The number of hydrogen-bond donors (Lipinski definition) is 1. The highest BCUT2D eigenvalue weighted by Gasteiger charge is 2.20. The van der Waals surface area contributed by atoms with Crippen LogP contribution < -0.4 is 9.47 Å². The van der Waals surface area contributed by atoms with E-state index in [0.29, 0.717) is 49.1 Å². The molecule has 2 fully saturated rings. The van der Waals surface area contributed by atoms with Crippen LogP contribution in [-0.2, 0) is 9.47 Å². The lowest BCUT2D eigenvalue weighted by Crippen LogP contribution is -2.26. The van der Waals surface area contributed by atoms with E-state index in [2.05, 4.69) is 22.1 Å².